The second-order valence-corrected chi connectivity index (χ2v) is 5.16. The molecule has 0 unspecified atom stereocenters. The van der Waals surface area contributed by atoms with Crippen LogP contribution in [-0.4, -0.2) is 27.6 Å². The van der Waals surface area contributed by atoms with Gasteiger partial charge in [-0.05, 0) is 49.9 Å². The third-order valence-electron chi connectivity index (χ3n) is 3.64. The van der Waals surface area contributed by atoms with Crippen molar-refractivity contribution < 1.29 is 19.8 Å². The lowest BCUT2D eigenvalue weighted by Gasteiger charge is -2.41. The van der Waals surface area contributed by atoms with E-state index in [0.717, 1.165) is 6.42 Å². The van der Waals surface area contributed by atoms with Crippen LogP contribution in [0.1, 0.15) is 41.6 Å². The van der Waals surface area contributed by atoms with Crippen molar-refractivity contribution in [3.05, 3.63) is 29.3 Å². The fraction of sp³-hybridized carbons (Fsp3) is 0.429. The number of hydrogen-bond donors (Lipinski definition) is 3. The summed E-state index contributed by atoms with van der Waals surface area (Å²) in [6.07, 6.45) is 2.28. The van der Waals surface area contributed by atoms with Gasteiger partial charge in [-0.2, -0.15) is 0 Å². The Kier molecular flexibility index (Phi) is 3.46. The van der Waals surface area contributed by atoms with Crippen LogP contribution in [0, 0.1) is 6.92 Å². The van der Waals surface area contributed by atoms with Gasteiger partial charge in [0.15, 0.2) is 0 Å². The standard InChI is InChI=1S/C14H17NO4/c1-9-7-10(3-4-11(9)16)13(19)15-14(5-2-6-14)8-12(17)18/h3-4,7,16H,2,5-6,8H2,1H3,(H,15,19)(H,17,18). The molecule has 19 heavy (non-hydrogen) atoms. The minimum absolute atomic E-state index is 0.0458. The molecule has 0 atom stereocenters. The maximum absolute atomic E-state index is 12.1. The second-order valence-electron chi connectivity index (χ2n) is 5.16. The van der Waals surface area contributed by atoms with Crippen molar-refractivity contribution in [2.45, 2.75) is 38.1 Å². The van der Waals surface area contributed by atoms with Crippen molar-refractivity contribution in [3.8, 4) is 5.75 Å². The molecule has 0 saturated heterocycles. The number of nitrogens with one attached hydrogen (secondary N) is 1. The molecule has 0 spiro atoms. The molecule has 1 fully saturated rings. The highest BCUT2D eigenvalue weighted by molar-refractivity contribution is 5.95. The monoisotopic (exact) mass is 263 g/mol. The highest BCUT2D eigenvalue weighted by Gasteiger charge is 2.40. The Labute approximate surface area is 111 Å². The smallest absolute Gasteiger partial charge is 0.305 e. The van der Waals surface area contributed by atoms with Crippen LogP contribution in [0.4, 0.5) is 0 Å². The minimum atomic E-state index is -0.901. The minimum Gasteiger partial charge on any atom is -0.508 e. The number of aliphatic carboxylic acids is 1. The number of amides is 1. The van der Waals surface area contributed by atoms with E-state index in [1.807, 2.05) is 0 Å². The Bertz CT molecular complexity index is 520. The number of aromatic hydroxyl groups is 1. The number of rotatable bonds is 4. The number of carbonyl (C=O) groups excluding carboxylic acids is 1. The Morgan fingerprint density at radius 3 is 2.53 bits per heavy atom. The zero-order valence-electron chi connectivity index (χ0n) is 10.8. The SMILES string of the molecule is Cc1cc(C(=O)NC2(CC(=O)O)CCC2)ccc1O. The fourth-order valence-corrected chi connectivity index (χ4v) is 2.35. The summed E-state index contributed by atoms with van der Waals surface area (Å²) in [5, 5.41) is 21.1. The van der Waals surface area contributed by atoms with Crippen LogP contribution in [0.2, 0.25) is 0 Å². The van der Waals surface area contributed by atoms with Crippen LogP contribution in [0.3, 0.4) is 0 Å². The van der Waals surface area contributed by atoms with Gasteiger partial charge in [-0.15, -0.1) is 0 Å². The molecule has 0 bridgehead atoms. The number of phenols is 1. The fourth-order valence-electron chi connectivity index (χ4n) is 2.35. The van der Waals surface area contributed by atoms with Gasteiger partial charge in [-0.3, -0.25) is 9.59 Å². The molecule has 0 aliphatic heterocycles. The van der Waals surface area contributed by atoms with Crippen LogP contribution < -0.4 is 5.32 Å². The number of benzene rings is 1. The van der Waals surface area contributed by atoms with E-state index >= 15 is 0 Å². The van der Waals surface area contributed by atoms with E-state index in [-0.39, 0.29) is 18.1 Å². The molecule has 5 nitrogen and oxygen atoms in total. The normalized spacial score (nSPS) is 16.5. The van der Waals surface area contributed by atoms with E-state index in [0.29, 0.717) is 24.0 Å². The molecular weight excluding hydrogens is 246 g/mol. The molecule has 1 aliphatic rings. The second kappa shape index (κ2) is 4.91. The van der Waals surface area contributed by atoms with Gasteiger partial charge in [0.05, 0.1) is 12.0 Å². The number of phenolic OH excluding ortho intramolecular Hbond substituents is 1. The quantitative estimate of drug-likeness (QED) is 0.773. The summed E-state index contributed by atoms with van der Waals surface area (Å²) < 4.78 is 0. The summed E-state index contributed by atoms with van der Waals surface area (Å²) in [5.41, 5.74) is 0.454. The van der Waals surface area contributed by atoms with Gasteiger partial charge in [0.1, 0.15) is 5.75 Å². The summed E-state index contributed by atoms with van der Waals surface area (Å²) in [4.78, 5) is 23.0. The van der Waals surface area contributed by atoms with Gasteiger partial charge in [0, 0.05) is 5.56 Å². The van der Waals surface area contributed by atoms with E-state index in [4.69, 9.17) is 5.11 Å². The summed E-state index contributed by atoms with van der Waals surface area (Å²) in [5.74, 6) is -1.05. The first-order valence-corrected chi connectivity index (χ1v) is 6.26. The van der Waals surface area contributed by atoms with Crippen molar-refractivity contribution in [2.75, 3.05) is 0 Å². The molecule has 1 aromatic rings. The molecule has 5 heteroatoms. The number of hydrogen-bond acceptors (Lipinski definition) is 3. The summed E-state index contributed by atoms with van der Waals surface area (Å²) in [6.45, 7) is 1.71. The van der Waals surface area contributed by atoms with Crippen LogP contribution in [-0.2, 0) is 4.79 Å². The highest BCUT2D eigenvalue weighted by Crippen LogP contribution is 2.35. The van der Waals surface area contributed by atoms with Crippen molar-refractivity contribution >= 4 is 11.9 Å². The predicted molar refractivity (Wildman–Crippen MR) is 69.1 cm³/mol. The van der Waals surface area contributed by atoms with Gasteiger partial charge in [0.25, 0.3) is 5.91 Å². The van der Waals surface area contributed by atoms with E-state index < -0.39 is 11.5 Å². The molecule has 1 saturated carbocycles. The molecule has 3 N–H and O–H groups in total. The van der Waals surface area contributed by atoms with E-state index in [9.17, 15) is 14.7 Å². The number of carboxylic acids is 1. The molecule has 1 aromatic carbocycles. The molecule has 1 amide bonds. The maximum atomic E-state index is 12.1. The van der Waals surface area contributed by atoms with Gasteiger partial charge < -0.3 is 15.5 Å². The van der Waals surface area contributed by atoms with Crippen molar-refractivity contribution in [3.63, 3.8) is 0 Å². The molecule has 0 radical (unpaired) electrons. The van der Waals surface area contributed by atoms with Gasteiger partial charge in [-0.1, -0.05) is 0 Å². The largest absolute Gasteiger partial charge is 0.508 e. The van der Waals surface area contributed by atoms with E-state index in [2.05, 4.69) is 5.32 Å². The van der Waals surface area contributed by atoms with Crippen LogP contribution in [0.15, 0.2) is 18.2 Å². The molecule has 0 heterocycles. The lowest BCUT2D eigenvalue weighted by Crippen LogP contribution is -2.54. The van der Waals surface area contributed by atoms with Crippen LogP contribution in [0.5, 0.6) is 5.75 Å². The Morgan fingerprint density at radius 2 is 2.05 bits per heavy atom. The first kappa shape index (κ1) is 13.4. The summed E-state index contributed by atoms with van der Waals surface area (Å²) >= 11 is 0. The van der Waals surface area contributed by atoms with E-state index in [1.54, 1.807) is 13.0 Å². The predicted octanol–water partition coefficient (Wildman–Crippen LogP) is 1.83. The third-order valence-corrected chi connectivity index (χ3v) is 3.64. The van der Waals surface area contributed by atoms with Gasteiger partial charge in [-0.25, -0.2) is 0 Å². The first-order chi connectivity index (χ1) is 8.92. The molecule has 0 aromatic heterocycles. The van der Waals surface area contributed by atoms with Crippen molar-refractivity contribution in [2.24, 2.45) is 0 Å². The summed E-state index contributed by atoms with van der Waals surface area (Å²) in [6, 6.07) is 4.59. The zero-order valence-corrected chi connectivity index (χ0v) is 10.8. The van der Waals surface area contributed by atoms with Crippen LogP contribution in [0.25, 0.3) is 0 Å². The van der Waals surface area contributed by atoms with Crippen molar-refractivity contribution in [1.82, 2.24) is 5.32 Å². The van der Waals surface area contributed by atoms with Crippen LogP contribution >= 0.6 is 0 Å². The van der Waals surface area contributed by atoms with Gasteiger partial charge >= 0.3 is 5.97 Å². The maximum Gasteiger partial charge on any atom is 0.305 e. The lowest BCUT2D eigenvalue weighted by atomic mass is 9.74. The molecular formula is C14H17NO4. The zero-order chi connectivity index (χ0) is 14.0. The Balaban J connectivity index is 2.11. The Morgan fingerprint density at radius 1 is 1.37 bits per heavy atom. The molecule has 1 aliphatic carbocycles. The van der Waals surface area contributed by atoms with E-state index in [1.165, 1.54) is 12.1 Å². The number of carbonyl (C=O) groups is 2. The average Bonchev–Trinajstić information content (AvgIpc) is 2.29. The number of aryl methyl sites for hydroxylation is 1. The van der Waals surface area contributed by atoms with Crippen molar-refractivity contribution in [1.29, 1.82) is 0 Å². The molecule has 2 rings (SSSR count). The first-order valence-electron chi connectivity index (χ1n) is 6.26. The summed E-state index contributed by atoms with van der Waals surface area (Å²) in [7, 11) is 0. The van der Waals surface area contributed by atoms with Gasteiger partial charge in [0.2, 0.25) is 0 Å². The number of carboxylic acid groups (broad SMARTS) is 1. The Hall–Kier alpha value is -2.04. The topological polar surface area (TPSA) is 86.6 Å². The third kappa shape index (κ3) is 2.86. The average molecular weight is 263 g/mol. The lowest BCUT2D eigenvalue weighted by molar-refractivity contribution is -0.139. The highest BCUT2D eigenvalue weighted by atomic mass is 16.4. The molecule has 102 valence electrons.